The van der Waals surface area contributed by atoms with Gasteiger partial charge in [0.15, 0.2) is 0 Å². The van der Waals surface area contributed by atoms with Crippen molar-refractivity contribution < 1.29 is 4.74 Å². The third-order valence-electron chi connectivity index (χ3n) is 3.42. The highest BCUT2D eigenvalue weighted by molar-refractivity contribution is 5.34. The van der Waals surface area contributed by atoms with E-state index >= 15 is 0 Å². The van der Waals surface area contributed by atoms with Gasteiger partial charge in [0.25, 0.3) is 0 Å². The van der Waals surface area contributed by atoms with Crippen LogP contribution in [0, 0.1) is 12.8 Å². The fraction of sp³-hybridized carbons (Fsp3) is 0.692. The van der Waals surface area contributed by atoms with Gasteiger partial charge in [-0.25, -0.2) is 4.98 Å². The number of nitrogens with zero attached hydrogens (tertiary/aromatic N) is 3. The molecule has 1 fully saturated rings. The highest BCUT2D eigenvalue weighted by Gasteiger charge is 2.21. The molecular formula is C13H22N4O. The number of ether oxygens (including phenoxy) is 1. The molecule has 2 rings (SSSR count). The van der Waals surface area contributed by atoms with E-state index in [1.807, 2.05) is 20.0 Å². The van der Waals surface area contributed by atoms with E-state index in [1.54, 1.807) is 7.11 Å². The maximum absolute atomic E-state index is 5.20. The quantitative estimate of drug-likeness (QED) is 0.871. The van der Waals surface area contributed by atoms with Gasteiger partial charge in [0, 0.05) is 24.8 Å². The Morgan fingerprint density at radius 3 is 2.72 bits per heavy atom. The van der Waals surface area contributed by atoms with E-state index in [-0.39, 0.29) is 0 Å². The first-order valence-electron chi connectivity index (χ1n) is 6.52. The molecule has 0 spiro atoms. The molecule has 5 heteroatoms. The number of rotatable bonds is 4. The standard InChI is InChI=1S/C13H22N4O/c1-10-8-12(18-3)16-13(15-10)17-6-4-11(5-7-17)9-14-2/h8,11,14H,4-7,9H2,1-3H3. The molecule has 0 bridgehead atoms. The Morgan fingerprint density at radius 1 is 1.39 bits per heavy atom. The van der Waals surface area contributed by atoms with Gasteiger partial charge in [-0.15, -0.1) is 0 Å². The summed E-state index contributed by atoms with van der Waals surface area (Å²) in [4.78, 5) is 11.2. The van der Waals surface area contributed by atoms with Gasteiger partial charge in [-0.2, -0.15) is 4.98 Å². The molecule has 5 nitrogen and oxygen atoms in total. The van der Waals surface area contributed by atoms with Crippen LogP contribution in [0.1, 0.15) is 18.5 Å². The van der Waals surface area contributed by atoms with Gasteiger partial charge in [-0.3, -0.25) is 0 Å². The molecule has 1 N–H and O–H groups in total. The number of piperidine rings is 1. The van der Waals surface area contributed by atoms with Gasteiger partial charge in [0.05, 0.1) is 7.11 Å². The Bertz CT molecular complexity index is 389. The molecule has 0 radical (unpaired) electrons. The van der Waals surface area contributed by atoms with Crippen molar-refractivity contribution in [3.63, 3.8) is 0 Å². The fourth-order valence-electron chi connectivity index (χ4n) is 2.40. The Balaban J connectivity index is 2.02. The van der Waals surface area contributed by atoms with Crippen LogP contribution in [0.4, 0.5) is 5.95 Å². The van der Waals surface area contributed by atoms with Crippen LogP contribution in [0.15, 0.2) is 6.07 Å². The summed E-state index contributed by atoms with van der Waals surface area (Å²) in [5.74, 6) is 2.22. The third-order valence-corrected chi connectivity index (χ3v) is 3.42. The van der Waals surface area contributed by atoms with Gasteiger partial charge in [0.2, 0.25) is 11.8 Å². The summed E-state index contributed by atoms with van der Waals surface area (Å²) in [6.45, 7) is 5.13. The first-order valence-corrected chi connectivity index (χ1v) is 6.52. The number of aromatic nitrogens is 2. The summed E-state index contributed by atoms with van der Waals surface area (Å²) >= 11 is 0. The fourth-order valence-corrected chi connectivity index (χ4v) is 2.40. The van der Waals surface area contributed by atoms with Gasteiger partial charge >= 0.3 is 0 Å². The van der Waals surface area contributed by atoms with Gasteiger partial charge < -0.3 is 15.0 Å². The molecule has 0 unspecified atom stereocenters. The lowest BCUT2D eigenvalue weighted by Gasteiger charge is -2.32. The summed E-state index contributed by atoms with van der Waals surface area (Å²) in [5, 5.41) is 3.25. The maximum atomic E-state index is 5.20. The SMILES string of the molecule is CNCC1CCN(c2nc(C)cc(OC)n2)CC1. The average molecular weight is 250 g/mol. The highest BCUT2D eigenvalue weighted by Crippen LogP contribution is 2.22. The molecule has 0 aliphatic carbocycles. The van der Waals surface area contributed by atoms with Crippen molar-refractivity contribution in [3.05, 3.63) is 11.8 Å². The molecule has 0 atom stereocenters. The number of nitrogens with one attached hydrogen (secondary N) is 1. The molecule has 1 saturated heterocycles. The predicted molar refractivity (Wildman–Crippen MR) is 72.2 cm³/mol. The molecule has 0 aromatic carbocycles. The minimum absolute atomic E-state index is 0.648. The topological polar surface area (TPSA) is 50.3 Å². The second-order valence-electron chi connectivity index (χ2n) is 4.84. The third kappa shape index (κ3) is 3.10. The molecule has 0 amide bonds. The van der Waals surface area contributed by atoms with Gasteiger partial charge in [0.1, 0.15) is 0 Å². The first-order chi connectivity index (χ1) is 8.72. The number of aryl methyl sites for hydroxylation is 1. The largest absolute Gasteiger partial charge is 0.481 e. The van der Waals surface area contributed by atoms with E-state index in [4.69, 9.17) is 4.74 Å². The van der Waals surface area contributed by atoms with Crippen LogP contribution in [0.5, 0.6) is 5.88 Å². The van der Waals surface area contributed by atoms with Crippen molar-refractivity contribution in [1.82, 2.24) is 15.3 Å². The molecular weight excluding hydrogens is 228 g/mol. The zero-order valence-electron chi connectivity index (χ0n) is 11.4. The van der Waals surface area contributed by atoms with Crippen molar-refractivity contribution in [2.45, 2.75) is 19.8 Å². The minimum Gasteiger partial charge on any atom is -0.481 e. The predicted octanol–water partition coefficient (Wildman–Crippen LogP) is 1.23. The zero-order chi connectivity index (χ0) is 13.0. The van der Waals surface area contributed by atoms with E-state index in [9.17, 15) is 0 Å². The van der Waals surface area contributed by atoms with E-state index in [1.165, 1.54) is 12.8 Å². The van der Waals surface area contributed by atoms with E-state index < -0.39 is 0 Å². The van der Waals surface area contributed by atoms with Crippen LogP contribution in [-0.2, 0) is 0 Å². The second kappa shape index (κ2) is 6.00. The lowest BCUT2D eigenvalue weighted by Crippen LogP contribution is -2.37. The lowest BCUT2D eigenvalue weighted by atomic mass is 9.97. The smallest absolute Gasteiger partial charge is 0.228 e. The average Bonchev–Trinajstić information content (AvgIpc) is 2.39. The zero-order valence-corrected chi connectivity index (χ0v) is 11.4. The summed E-state index contributed by atoms with van der Waals surface area (Å²) in [5.41, 5.74) is 0.953. The van der Waals surface area contributed by atoms with Crippen LogP contribution >= 0.6 is 0 Å². The molecule has 18 heavy (non-hydrogen) atoms. The van der Waals surface area contributed by atoms with Gasteiger partial charge in [-0.1, -0.05) is 0 Å². The molecule has 2 heterocycles. The van der Waals surface area contributed by atoms with Crippen LogP contribution in [0.25, 0.3) is 0 Å². The van der Waals surface area contributed by atoms with Crippen LogP contribution in [0.2, 0.25) is 0 Å². The molecule has 1 aromatic rings. The van der Waals surface area contributed by atoms with E-state index in [2.05, 4.69) is 20.2 Å². The maximum Gasteiger partial charge on any atom is 0.228 e. The first kappa shape index (κ1) is 13.1. The van der Waals surface area contributed by atoms with Crippen LogP contribution in [-0.4, -0.2) is 43.8 Å². The molecule has 0 saturated carbocycles. The van der Waals surface area contributed by atoms with Crippen molar-refractivity contribution >= 4 is 5.95 Å². The van der Waals surface area contributed by atoms with Crippen LogP contribution < -0.4 is 15.0 Å². The molecule has 100 valence electrons. The van der Waals surface area contributed by atoms with E-state index in [0.717, 1.165) is 37.2 Å². The van der Waals surface area contributed by atoms with Crippen molar-refractivity contribution in [2.75, 3.05) is 38.7 Å². The number of hydrogen-bond acceptors (Lipinski definition) is 5. The monoisotopic (exact) mass is 250 g/mol. The Labute approximate surface area is 109 Å². The number of hydrogen-bond donors (Lipinski definition) is 1. The Morgan fingerprint density at radius 2 is 2.11 bits per heavy atom. The van der Waals surface area contributed by atoms with Gasteiger partial charge in [-0.05, 0) is 39.3 Å². The summed E-state index contributed by atoms with van der Waals surface area (Å²) < 4.78 is 5.20. The van der Waals surface area contributed by atoms with Crippen molar-refractivity contribution in [2.24, 2.45) is 5.92 Å². The highest BCUT2D eigenvalue weighted by atomic mass is 16.5. The number of methoxy groups -OCH3 is 1. The van der Waals surface area contributed by atoms with Crippen molar-refractivity contribution in [1.29, 1.82) is 0 Å². The second-order valence-corrected chi connectivity index (χ2v) is 4.84. The van der Waals surface area contributed by atoms with Crippen LogP contribution in [0.3, 0.4) is 0 Å². The Hall–Kier alpha value is -1.36. The number of anilines is 1. The summed E-state index contributed by atoms with van der Waals surface area (Å²) in [6.07, 6.45) is 2.39. The van der Waals surface area contributed by atoms with E-state index in [0.29, 0.717) is 5.88 Å². The Kier molecular flexibility index (Phi) is 4.36. The molecule has 1 aliphatic rings. The summed E-state index contributed by atoms with van der Waals surface area (Å²) in [7, 11) is 3.66. The molecule has 1 aromatic heterocycles. The normalized spacial score (nSPS) is 16.9. The lowest BCUT2D eigenvalue weighted by molar-refractivity contribution is 0.382. The minimum atomic E-state index is 0.648. The molecule has 1 aliphatic heterocycles. The van der Waals surface area contributed by atoms with Crippen molar-refractivity contribution in [3.8, 4) is 5.88 Å². The summed E-state index contributed by atoms with van der Waals surface area (Å²) in [6, 6.07) is 1.86.